The zero-order valence-corrected chi connectivity index (χ0v) is 18.7. The fourth-order valence-corrected chi connectivity index (χ4v) is 3.27. The summed E-state index contributed by atoms with van der Waals surface area (Å²) in [6.07, 6.45) is 5.26. The van der Waals surface area contributed by atoms with Crippen molar-refractivity contribution < 1.29 is 23.1 Å². The van der Waals surface area contributed by atoms with Gasteiger partial charge in [-0.25, -0.2) is 17.9 Å². The summed E-state index contributed by atoms with van der Waals surface area (Å²) in [5.74, 6) is -0.706. The number of rotatable bonds is 11. The van der Waals surface area contributed by atoms with E-state index in [-0.39, 0.29) is 16.2 Å². The van der Waals surface area contributed by atoms with Crippen LogP contribution >= 0.6 is 0 Å². The molecular weight excluding hydrogens is 404 g/mol. The lowest BCUT2D eigenvalue weighted by Crippen LogP contribution is -2.19. The Morgan fingerprint density at radius 3 is 2.10 bits per heavy atom. The quantitative estimate of drug-likeness (QED) is 0.455. The number of benzene rings is 2. The van der Waals surface area contributed by atoms with Gasteiger partial charge in [0.1, 0.15) is 16.4 Å². The van der Waals surface area contributed by atoms with Crippen molar-refractivity contribution in [2.24, 2.45) is 0 Å². The molecule has 0 aliphatic heterocycles. The molecule has 0 aliphatic carbocycles. The molecule has 2 aromatic rings. The number of carboxylic acid groups (broad SMARTS) is 1. The number of para-hydroxylation sites is 1. The monoisotopic (exact) mass is 436 g/mol. The topological polar surface area (TPSA) is 105 Å². The third kappa shape index (κ3) is 8.94. The minimum Gasteiger partial charge on any atom is -0.478 e. The summed E-state index contributed by atoms with van der Waals surface area (Å²) in [6.45, 7) is 6.86. The number of hydrogen-bond donors (Lipinski definition) is 3. The van der Waals surface area contributed by atoms with Crippen LogP contribution in [0.15, 0.2) is 53.4 Å². The summed E-state index contributed by atoms with van der Waals surface area (Å²) < 4.78 is 31.7. The lowest BCUT2D eigenvalue weighted by Gasteiger charge is -2.12. The van der Waals surface area contributed by atoms with Gasteiger partial charge in [0.2, 0.25) is 10.0 Å². The van der Waals surface area contributed by atoms with Gasteiger partial charge in [0.05, 0.1) is 5.56 Å². The SMILES string of the molecule is CCCCNCCCC.CNS(=O)(=O)c1cc(C(=O)O)ccc1Oc1ccccc1. The van der Waals surface area contributed by atoms with Crippen LogP contribution in [-0.2, 0) is 10.0 Å². The minimum atomic E-state index is -3.84. The summed E-state index contributed by atoms with van der Waals surface area (Å²) in [4.78, 5) is 10.8. The van der Waals surface area contributed by atoms with Crippen LogP contribution in [0.25, 0.3) is 0 Å². The highest BCUT2D eigenvalue weighted by Gasteiger charge is 2.20. The van der Waals surface area contributed by atoms with Crippen LogP contribution in [0.4, 0.5) is 0 Å². The molecule has 30 heavy (non-hydrogen) atoms. The normalized spacial score (nSPS) is 10.8. The van der Waals surface area contributed by atoms with Gasteiger partial charge in [-0.05, 0) is 63.3 Å². The number of unbranched alkanes of at least 4 members (excludes halogenated alkanes) is 2. The van der Waals surface area contributed by atoms with Gasteiger partial charge < -0.3 is 15.2 Å². The van der Waals surface area contributed by atoms with Gasteiger partial charge in [-0.1, -0.05) is 44.9 Å². The van der Waals surface area contributed by atoms with Gasteiger partial charge in [0.15, 0.2) is 0 Å². The minimum absolute atomic E-state index is 0.0561. The molecule has 7 nitrogen and oxygen atoms in total. The van der Waals surface area contributed by atoms with Crippen molar-refractivity contribution in [3.8, 4) is 11.5 Å². The number of carboxylic acids is 1. The highest BCUT2D eigenvalue weighted by atomic mass is 32.2. The zero-order valence-electron chi connectivity index (χ0n) is 17.8. The smallest absolute Gasteiger partial charge is 0.335 e. The maximum absolute atomic E-state index is 12.0. The molecule has 2 aromatic carbocycles. The van der Waals surface area contributed by atoms with Crippen LogP contribution in [-0.4, -0.2) is 39.6 Å². The van der Waals surface area contributed by atoms with E-state index in [4.69, 9.17) is 9.84 Å². The summed E-state index contributed by atoms with van der Waals surface area (Å²) in [6, 6.07) is 12.3. The van der Waals surface area contributed by atoms with Gasteiger partial charge in [0, 0.05) is 0 Å². The molecular formula is C22H32N2O5S. The van der Waals surface area contributed by atoms with E-state index in [1.807, 2.05) is 0 Å². The average Bonchev–Trinajstić information content (AvgIpc) is 2.75. The third-order valence-corrected chi connectivity index (χ3v) is 5.57. The number of carbonyl (C=O) groups is 1. The van der Waals surface area contributed by atoms with Crippen LogP contribution < -0.4 is 14.8 Å². The van der Waals surface area contributed by atoms with Crippen molar-refractivity contribution in [3.63, 3.8) is 0 Å². The Labute approximate surface area is 179 Å². The predicted molar refractivity (Wildman–Crippen MR) is 119 cm³/mol. The molecule has 0 amide bonds. The molecule has 0 saturated carbocycles. The van der Waals surface area contributed by atoms with E-state index in [0.717, 1.165) is 6.07 Å². The molecule has 2 rings (SSSR count). The molecule has 0 unspecified atom stereocenters. The van der Waals surface area contributed by atoms with Gasteiger partial charge >= 0.3 is 5.97 Å². The molecule has 0 heterocycles. The predicted octanol–water partition coefficient (Wildman–Crippen LogP) is 4.26. The lowest BCUT2D eigenvalue weighted by atomic mass is 10.2. The average molecular weight is 437 g/mol. The number of ether oxygens (including phenoxy) is 1. The molecule has 0 spiro atoms. The first-order chi connectivity index (χ1) is 14.4. The number of nitrogens with one attached hydrogen (secondary N) is 2. The van der Waals surface area contributed by atoms with Crippen LogP contribution in [0.5, 0.6) is 11.5 Å². The van der Waals surface area contributed by atoms with Crippen LogP contribution in [0.2, 0.25) is 0 Å². The van der Waals surface area contributed by atoms with Gasteiger partial charge in [-0.3, -0.25) is 0 Å². The van der Waals surface area contributed by atoms with Crippen molar-refractivity contribution in [3.05, 3.63) is 54.1 Å². The second-order valence-corrected chi connectivity index (χ2v) is 8.40. The van der Waals surface area contributed by atoms with Crippen LogP contribution in [0, 0.1) is 0 Å². The highest BCUT2D eigenvalue weighted by molar-refractivity contribution is 7.89. The van der Waals surface area contributed by atoms with E-state index in [9.17, 15) is 13.2 Å². The Bertz CT molecular complexity index is 864. The first-order valence-electron chi connectivity index (χ1n) is 10.1. The van der Waals surface area contributed by atoms with E-state index in [0.29, 0.717) is 5.75 Å². The maximum atomic E-state index is 12.0. The number of aromatic carboxylic acids is 1. The van der Waals surface area contributed by atoms with E-state index < -0.39 is 16.0 Å². The maximum Gasteiger partial charge on any atom is 0.335 e. The van der Waals surface area contributed by atoms with E-state index in [2.05, 4.69) is 23.9 Å². The van der Waals surface area contributed by atoms with E-state index in [1.54, 1.807) is 30.3 Å². The van der Waals surface area contributed by atoms with Crippen molar-refractivity contribution in [1.82, 2.24) is 10.0 Å². The fraction of sp³-hybridized carbons (Fsp3) is 0.409. The molecule has 3 N–H and O–H groups in total. The van der Waals surface area contributed by atoms with Crippen molar-refractivity contribution in [2.45, 2.75) is 44.4 Å². The zero-order chi connectivity index (χ0) is 22.4. The lowest BCUT2D eigenvalue weighted by molar-refractivity contribution is 0.0696. The molecule has 0 aromatic heterocycles. The van der Waals surface area contributed by atoms with Crippen molar-refractivity contribution in [2.75, 3.05) is 20.1 Å². The Morgan fingerprint density at radius 2 is 1.60 bits per heavy atom. The van der Waals surface area contributed by atoms with Gasteiger partial charge in [-0.15, -0.1) is 0 Å². The number of sulfonamides is 1. The molecule has 0 aliphatic rings. The molecule has 0 atom stereocenters. The Hall–Kier alpha value is -2.42. The van der Waals surface area contributed by atoms with Crippen molar-refractivity contribution in [1.29, 1.82) is 0 Å². The summed E-state index contributed by atoms with van der Waals surface area (Å²) in [5, 5.41) is 12.4. The van der Waals surface area contributed by atoms with Crippen LogP contribution in [0.3, 0.4) is 0 Å². The third-order valence-electron chi connectivity index (χ3n) is 4.13. The largest absolute Gasteiger partial charge is 0.478 e. The van der Waals surface area contributed by atoms with E-state index >= 15 is 0 Å². The Kier molecular flexibility index (Phi) is 11.7. The Balaban J connectivity index is 0.000000424. The summed E-state index contributed by atoms with van der Waals surface area (Å²) >= 11 is 0. The Morgan fingerprint density at radius 1 is 1.00 bits per heavy atom. The second-order valence-electron chi connectivity index (χ2n) is 6.55. The number of hydrogen-bond acceptors (Lipinski definition) is 5. The van der Waals surface area contributed by atoms with E-state index in [1.165, 1.54) is 58.0 Å². The van der Waals surface area contributed by atoms with Crippen LogP contribution in [0.1, 0.15) is 49.9 Å². The summed E-state index contributed by atoms with van der Waals surface area (Å²) in [7, 11) is -2.60. The van der Waals surface area contributed by atoms with Crippen molar-refractivity contribution >= 4 is 16.0 Å². The molecule has 8 heteroatoms. The second kappa shape index (κ2) is 13.7. The first-order valence-corrected chi connectivity index (χ1v) is 11.6. The molecule has 0 fully saturated rings. The molecule has 166 valence electrons. The summed E-state index contributed by atoms with van der Waals surface area (Å²) in [5.41, 5.74) is -0.135. The van der Waals surface area contributed by atoms with Gasteiger partial charge in [0.25, 0.3) is 0 Å². The van der Waals surface area contributed by atoms with Gasteiger partial charge in [-0.2, -0.15) is 0 Å². The first kappa shape index (κ1) is 25.6. The fourth-order valence-electron chi connectivity index (χ4n) is 2.39. The molecule has 0 saturated heterocycles. The molecule has 0 radical (unpaired) electrons. The standard InChI is InChI=1S/C14H13NO5S.C8H19N/c1-15-21(18,19)13-9-10(14(16)17)7-8-12(13)20-11-5-3-2-4-6-11;1-3-5-7-9-8-6-4-2/h2-9,15H,1H3,(H,16,17);9H,3-8H2,1-2H3. The highest BCUT2D eigenvalue weighted by Crippen LogP contribution is 2.29. The molecule has 0 bridgehead atoms.